The number of aliphatic hydroxyl groups excluding tert-OH is 1. The average Bonchev–Trinajstić information content (AvgIpc) is 2.96. The Kier molecular flexibility index (Phi) is 7.30. The summed E-state index contributed by atoms with van der Waals surface area (Å²) in [4.78, 5) is 13.3. The number of nitrogen functional groups attached to an aromatic ring is 1. The molecular formula is C31H28N2O6. The highest BCUT2D eigenvalue weighted by atomic mass is 16.9. The van der Waals surface area contributed by atoms with E-state index >= 15 is 0 Å². The van der Waals surface area contributed by atoms with Crippen LogP contribution in [0.15, 0.2) is 72.8 Å². The molecule has 3 saturated heterocycles. The number of phenols is 1. The third-order valence-electron chi connectivity index (χ3n) is 6.62. The number of carbonyl (C=O) groups is 1. The van der Waals surface area contributed by atoms with Gasteiger partial charge in [0.1, 0.15) is 17.9 Å². The van der Waals surface area contributed by atoms with Gasteiger partial charge in [0.05, 0.1) is 19.8 Å². The van der Waals surface area contributed by atoms with Gasteiger partial charge in [-0.15, -0.1) is 0 Å². The van der Waals surface area contributed by atoms with Crippen LogP contribution in [-0.2, 0) is 14.2 Å². The zero-order chi connectivity index (χ0) is 27.5. The molecule has 0 radical (unpaired) electrons. The number of hydrogen-bond acceptors (Lipinski definition) is 7. The van der Waals surface area contributed by atoms with Crippen LogP contribution < -0.4 is 11.1 Å². The summed E-state index contributed by atoms with van der Waals surface area (Å²) >= 11 is 0. The fraction of sp³-hybridized carbons (Fsp3) is 0.258. The van der Waals surface area contributed by atoms with Gasteiger partial charge in [0.25, 0.3) is 5.91 Å². The van der Waals surface area contributed by atoms with Gasteiger partial charge in [0, 0.05) is 27.8 Å². The van der Waals surface area contributed by atoms with Crippen molar-refractivity contribution in [3.8, 4) is 29.4 Å². The third-order valence-corrected chi connectivity index (χ3v) is 6.62. The number of aliphatic hydroxyl groups is 1. The smallest absolute Gasteiger partial charge is 0.307 e. The lowest BCUT2D eigenvalue weighted by molar-refractivity contribution is -0.478. The fourth-order valence-corrected chi connectivity index (χ4v) is 4.27. The molecule has 198 valence electrons. The van der Waals surface area contributed by atoms with Gasteiger partial charge >= 0.3 is 5.97 Å². The van der Waals surface area contributed by atoms with Crippen molar-refractivity contribution in [3.63, 3.8) is 0 Å². The molecule has 2 bridgehead atoms. The molecule has 0 aromatic heterocycles. The van der Waals surface area contributed by atoms with Crippen LogP contribution in [0.2, 0.25) is 0 Å². The third kappa shape index (κ3) is 5.91. The molecule has 3 aromatic rings. The first-order valence-electron chi connectivity index (χ1n) is 12.4. The van der Waals surface area contributed by atoms with Crippen molar-refractivity contribution in [3.05, 3.63) is 95.1 Å². The van der Waals surface area contributed by atoms with Crippen LogP contribution in [0.4, 0.5) is 5.69 Å². The van der Waals surface area contributed by atoms with Gasteiger partial charge in [0.2, 0.25) is 0 Å². The Bertz CT molecular complexity index is 1440. The second-order valence-corrected chi connectivity index (χ2v) is 9.97. The molecule has 8 nitrogen and oxygen atoms in total. The van der Waals surface area contributed by atoms with Crippen LogP contribution in [0, 0.1) is 29.1 Å². The van der Waals surface area contributed by atoms with Crippen molar-refractivity contribution in [2.75, 3.05) is 25.6 Å². The van der Waals surface area contributed by atoms with E-state index in [2.05, 4.69) is 29.0 Å². The van der Waals surface area contributed by atoms with Crippen molar-refractivity contribution in [2.45, 2.75) is 25.0 Å². The molecule has 3 aliphatic rings. The van der Waals surface area contributed by atoms with Gasteiger partial charge < -0.3 is 35.5 Å². The normalized spacial score (nSPS) is 22.9. The topological polar surface area (TPSA) is 123 Å². The molecule has 2 unspecified atom stereocenters. The summed E-state index contributed by atoms with van der Waals surface area (Å²) in [6.45, 7) is 3.05. The minimum absolute atomic E-state index is 0.0546. The molecule has 2 atom stereocenters. The summed E-state index contributed by atoms with van der Waals surface area (Å²) in [6.07, 6.45) is -1.25. The Hall–Kier alpha value is -4.31. The summed E-state index contributed by atoms with van der Waals surface area (Å²) in [5.74, 6) is 9.45. The van der Waals surface area contributed by atoms with E-state index in [0.29, 0.717) is 42.2 Å². The van der Waals surface area contributed by atoms with E-state index in [1.54, 1.807) is 48.5 Å². The van der Waals surface area contributed by atoms with Gasteiger partial charge in [0.15, 0.2) is 0 Å². The number of hydrogen-bond donors (Lipinski definition) is 4. The molecule has 0 spiro atoms. The first-order chi connectivity index (χ1) is 18.8. The van der Waals surface area contributed by atoms with Crippen molar-refractivity contribution in [2.24, 2.45) is 5.41 Å². The van der Waals surface area contributed by atoms with E-state index in [9.17, 15) is 15.0 Å². The zero-order valence-electron chi connectivity index (χ0n) is 21.3. The lowest BCUT2D eigenvalue weighted by Gasteiger charge is -2.53. The number of rotatable bonds is 5. The molecule has 3 fully saturated rings. The number of benzene rings is 3. The predicted octanol–water partition coefficient (Wildman–Crippen LogP) is 2.95. The number of phenolic OH excluding ortho intramolecular Hbond substituents is 1. The van der Waals surface area contributed by atoms with E-state index in [1.807, 2.05) is 19.1 Å². The number of ether oxygens (including phenoxy) is 3. The van der Waals surface area contributed by atoms with E-state index < -0.39 is 24.0 Å². The number of aromatic hydroxyl groups is 1. The quantitative estimate of drug-likeness (QED) is 0.299. The highest BCUT2D eigenvalue weighted by Gasteiger charge is 2.57. The van der Waals surface area contributed by atoms with Gasteiger partial charge in [-0.25, -0.2) is 0 Å². The predicted molar refractivity (Wildman–Crippen MR) is 144 cm³/mol. The summed E-state index contributed by atoms with van der Waals surface area (Å²) in [7, 11) is 0. The number of nitrogens with one attached hydrogen (secondary N) is 1. The summed E-state index contributed by atoms with van der Waals surface area (Å²) in [5.41, 5.74) is 8.35. The maximum atomic E-state index is 13.3. The van der Waals surface area contributed by atoms with Gasteiger partial charge in [-0.1, -0.05) is 30.9 Å². The lowest BCUT2D eigenvalue weighted by Crippen LogP contribution is -2.68. The molecule has 3 heterocycles. The van der Waals surface area contributed by atoms with Crippen LogP contribution in [0.1, 0.15) is 40.1 Å². The molecule has 3 aliphatic heterocycles. The number of amides is 1. The Labute approximate surface area is 226 Å². The standard InChI is InChI=1S/C31H28N2O6/c1-30-18-37-31(38-19-30,39-20-30)28(27(35)23-12-16-26(34)17-13-23)33-29(36)24-10-6-21(7-11-24)4-2-3-5-22-8-14-25(32)15-9-22/h6-17,27-28,34-35H,18-20,32H2,1H3,(H,33,36). The molecule has 3 aromatic carbocycles. The first-order valence-corrected chi connectivity index (χ1v) is 12.4. The van der Waals surface area contributed by atoms with Crippen LogP contribution in [0.3, 0.4) is 0 Å². The number of nitrogens with two attached hydrogens (primary N) is 1. The molecular weight excluding hydrogens is 496 g/mol. The van der Waals surface area contributed by atoms with Crippen molar-refractivity contribution in [1.82, 2.24) is 5.32 Å². The van der Waals surface area contributed by atoms with E-state index in [4.69, 9.17) is 19.9 Å². The van der Waals surface area contributed by atoms with Crippen LogP contribution in [-0.4, -0.2) is 48.0 Å². The van der Waals surface area contributed by atoms with Crippen molar-refractivity contribution < 1.29 is 29.2 Å². The molecule has 6 rings (SSSR count). The maximum absolute atomic E-state index is 13.3. The molecule has 8 heteroatoms. The van der Waals surface area contributed by atoms with E-state index in [0.717, 1.165) is 5.56 Å². The Morgan fingerprint density at radius 3 is 1.92 bits per heavy atom. The van der Waals surface area contributed by atoms with Crippen LogP contribution in [0.25, 0.3) is 0 Å². The van der Waals surface area contributed by atoms with Gasteiger partial charge in [-0.2, -0.15) is 0 Å². The lowest BCUT2D eigenvalue weighted by atomic mass is 9.89. The largest absolute Gasteiger partial charge is 0.508 e. The molecule has 5 N–H and O–H groups in total. The minimum Gasteiger partial charge on any atom is -0.508 e. The molecule has 1 amide bonds. The highest BCUT2D eigenvalue weighted by Crippen LogP contribution is 2.42. The monoisotopic (exact) mass is 524 g/mol. The van der Waals surface area contributed by atoms with Gasteiger partial charge in [-0.05, 0) is 78.1 Å². The average molecular weight is 525 g/mol. The molecule has 0 saturated carbocycles. The van der Waals surface area contributed by atoms with E-state index in [1.165, 1.54) is 12.1 Å². The zero-order valence-corrected chi connectivity index (χ0v) is 21.3. The van der Waals surface area contributed by atoms with E-state index in [-0.39, 0.29) is 11.2 Å². The Morgan fingerprint density at radius 2 is 1.38 bits per heavy atom. The fourth-order valence-electron chi connectivity index (χ4n) is 4.27. The number of fused-ring (bicyclic) bond motifs is 3. The number of anilines is 1. The Balaban J connectivity index is 1.32. The van der Waals surface area contributed by atoms with Crippen molar-refractivity contribution in [1.29, 1.82) is 0 Å². The SMILES string of the molecule is CC12COC(C(NC(=O)c3ccc(C#CC#Cc4ccc(N)cc4)cc3)C(O)c3ccc(O)cc3)(OC1)OC2. The summed E-state index contributed by atoms with van der Waals surface area (Å²) in [5, 5.41) is 23.8. The summed E-state index contributed by atoms with van der Waals surface area (Å²) < 4.78 is 17.8. The van der Waals surface area contributed by atoms with Gasteiger partial charge in [-0.3, -0.25) is 4.79 Å². The Morgan fingerprint density at radius 1 is 0.872 bits per heavy atom. The highest BCUT2D eigenvalue weighted by molar-refractivity contribution is 5.94. The van der Waals surface area contributed by atoms with Crippen molar-refractivity contribution >= 4 is 11.6 Å². The number of carbonyl (C=O) groups excluding carboxylic acids is 1. The van der Waals surface area contributed by atoms with Crippen LogP contribution in [0.5, 0.6) is 5.75 Å². The summed E-state index contributed by atoms with van der Waals surface area (Å²) in [6, 6.07) is 18.8. The molecule has 0 aliphatic carbocycles. The van der Waals surface area contributed by atoms with Crippen LogP contribution >= 0.6 is 0 Å². The first kappa shape index (κ1) is 26.3. The minimum atomic E-state index is -1.65. The second kappa shape index (κ2) is 10.8. The maximum Gasteiger partial charge on any atom is 0.307 e. The molecule has 39 heavy (non-hydrogen) atoms. The second-order valence-electron chi connectivity index (χ2n) is 9.97.